The number of nitrogens with zero attached hydrogens (tertiary/aromatic N) is 2. The van der Waals surface area contributed by atoms with Gasteiger partial charge in [0.25, 0.3) is 5.91 Å². The van der Waals surface area contributed by atoms with Gasteiger partial charge in [0.2, 0.25) is 15.9 Å². The first-order valence-corrected chi connectivity index (χ1v) is 14.0. The molecule has 0 spiro atoms. The van der Waals surface area contributed by atoms with Crippen LogP contribution in [0.3, 0.4) is 0 Å². The lowest BCUT2D eigenvalue weighted by Crippen LogP contribution is -2.31. The number of nitrogens with one attached hydrogen (secondary N) is 3. The fourth-order valence-electron chi connectivity index (χ4n) is 3.57. The van der Waals surface area contributed by atoms with Crippen LogP contribution in [0.25, 0.3) is 0 Å². The summed E-state index contributed by atoms with van der Waals surface area (Å²) >= 11 is 2.41. The lowest BCUT2D eigenvalue weighted by molar-refractivity contribution is -0.114. The zero-order chi connectivity index (χ0) is 26.6. The van der Waals surface area contributed by atoms with Crippen molar-refractivity contribution in [1.29, 1.82) is 5.26 Å². The Balaban J connectivity index is 1.59. The van der Waals surface area contributed by atoms with Crippen molar-refractivity contribution in [3.05, 3.63) is 81.9 Å². The first-order valence-electron chi connectivity index (χ1n) is 10.6. The summed E-state index contributed by atoms with van der Waals surface area (Å²) in [4.78, 5) is 29.7. The number of nitrogens with two attached hydrogens (primary N) is 1. The normalized spacial score (nSPS) is 15.6. The van der Waals surface area contributed by atoms with E-state index < -0.39 is 21.8 Å². The van der Waals surface area contributed by atoms with E-state index in [-0.39, 0.29) is 27.7 Å². The number of primary sulfonamides is 1. The van der Waals surface area contributed by atoms with E-state index in [1.54, 1.807) is 30.6 Å². The molecule has 2 amide bonds. The minimum atomic E-state index is -3.88. The van der Waals surface area contributed by atoms with Gasteiger partial charge < -0.3 is 20.4 Å². The lowest BCUT2D eigenvalue weighted by Gasteiger charge is -2.28. The van der Waals surface area contributed by atoms with Crippen LogP contribution in [0.15, 0.2) is 85.4 Å². The van der Waals surface area contributed by atoms with E-state index in [9.17, 15) is 23.3 Å². The number of amides is 2. The number of benzene rings is 1. The highest BCUT2D eigenvalue weighted by Gasteiger charge is 2.36. The summed E-state index contributed by atoms with van der Waals surface area (Å²) in [5.41, 5.74) is 1.24. The van der Waals surface area contributed by atoms with E-state index in [0.29, 0.717) is 27.3 Å². The van der Waals surface area contributed by atoms with Crippen molar-refractivity contribution >= 4 is 55.8 Å². The molecule has 3 heterocycles. The minimum Gasteiger partial charge on any atom is -0.468 e. The number of hydrogen-bond acceptors (Lipinski definition) is 10. The van der Waals surface area contributed by atoms with Gasteiger partial charge in [-0.15, -0.1) is 11.3 Å². The minimum absolute atomic E-state index is 0.00315. The Kier molecular flexibility index (Phi) is 7.79. The van der Waals surface area contributed by atoms with E-state index in [4.69, 9.17) is 9.56 Å². The Hall–Kier alpha value is -3.90. The molecular weight excluding hydrogens is 536 g/mol. The van der Waals surface area contributed by atoms with Gasteiger partial charge in [-0.25, -0.2) is 18.5 Å². The molecule has 0 saturated carbocycles. The molecule has 0 unspecified atom stereocenters. The molecule has 1 aliphatic rings. The Morgan fingerprint density at radius 3 is 2.62 bits per heavy atom. The SMILES string of the molecule is CC1=C(C(=O)Nc2ccc(S(N)(=O)=O)cc2)[C@H](c2ccco2)C(C#N)=C(SCC(=O)Nc2nccs2)N1. The Morgan fingerprint density at radius 1 is 1.27 bits per heavy atom. The molecule has 0 saturated heterocycles. The number of rotatable bonds is 8. The predicted octanol–water partition coefficient (Wildman–Crippen LogP) is 3.09. The number of carbonyl (C=O) groups is 2. The number of carbonyl (C=O) groups excluding carboxylic acids is 2. The van der Waals surface area contributed by atoms with Crippen molar-refractivity contribution in [1.82, 2.24) is 10.3 Å². The molecule has 37 heavy (non-hydrogen) atoms. The first kappa shape index (κ1) is 26.2. The summed E-state index contributed by atoms with van der Waals surface area (Å²) in [5.74, 6) is -1.28. The Morgan fingerprint density at radius 2 is 2.03 bits per heavy atom. The molecule has 1 atom stereocenters. The molecule has 0 radical (unpaired) electrons. The zero-order valence-electron chi connectivity index (χ0n) is 19.2. The van der Waals surface area contributed by atoms with Gasteiger partial charge in [0.1, 0.15) is 5.76 Å². The zero-order valence-corrected chi connectivity index (χ0v) is 21.7. The molecule has 0 aliphatic carbocycles. The van der Waals surface area contributed by atoms with Gasteiger partial charge in [0.15, 0.2) is 5.13 Å². The average molecular weight is 557 g/mol. The molecule has 190 valence electrons. The second-order valence-electron chi connectivity index (χ2n) is 7.66. The third-order valence-electron chi connectivity index (χ3n) is 5.19. The number of anilines is 2. The van der Waals surface area contributed by atoms with Gasteiger partial charge in [0, 0.05) is 23.0 Å². The average Bonchev–Trinajstić information content (AvgIpc) is 3.56. The van der Waals surface area contributed by atoms with Crippen molar-refractivity contribution < 1.29 is 22.4 Å². The highest BCUT2D eigenvalue weighted by Crippen LogP contribution is 2.41. The number of aromatic nitrogens is 1. The van der Waals surface area contributed by atoms with E-state index in [1.807, 2.05) is 0 Å². The molecule has 0 fully saturated rings. The van der Waals surface area contributed by atoms with Crippen LogP contribution in [-0.2, 0) is 19.6 Å². The molecule has 0 bridgehead atoms. The largest absolute Gasteiger partial charge is 0.468 e. The summed E-state index contributed by atoms with van der Waals surface area (Å²) in [6.45, 7) is 1.68. The molecule has 1 aromatic carbocycles. The molecule has 2 aromatic heterocycles. The second-order valence-corrected chi connectivity index (χ2v) is 11.1. The number of hydrogen-bond donors (Lipinski definition) is 4. The molecule has 11 nitrogen and oxygen atoms in total. The number of sulfonamides is 1. The number of nitriles is 1. The van der Waals surface area contributed by atoms with Gasteiger partial charge in [0.05, 0.1) is 45.1 Å². The summed E-state index contributed by atoms with van der Waals surface area (Å²) in [5, 5.41) is 26.3. The molecule has 5 N–H and O–H groups in total. The topological polar surface area (TPSA) is 180 Å². The van der Waals surface area contributed by atoms with Crippen LogP contribution in [-0.4, -0.2) is 31.0 Å². The molecule has 1 aliphatic heterocycles. The summed E-state index contributed by atoms with van der Waals surface area (Å²) in [7, 11) is -3.88. The highest BCUT2D eigenvalue weighted by atomic mass is 32.2. The molecule has 4 rings (SSSR count). The van der Waals surface area contributed by atoms with Crippen molar-refractivity contribution in [2.24, 2.45) is 5.14 Å². The van der Waals surface area contributed by atoms with E-state index in [1.165, 1.54) is 41.9 Å². The van der Waals surface area contributed by atoms with Crippen LogP contribution in [0.4, 0.5) is 10.8 Å². The van der Waals surface area contributed by atoms with Crippen LogP contribution >= 0.6 is 23.1 Å². The standard InChI is InChI=1S/C23H20N6O5S3/c1-13-19(21(31)28-14-4-6-15(7-5-14)37(25,32)33)20(17-3-2-9-34-17)16(11-24)22(27-13)36-12-18(30)29-23-26-8-10-35-23/h2-10,20,27H,12H2,1H3,(H,28,31)(H2,25,32,33)(H,26,29,30)/t20-/m0/s1. The Bertz CT molecular complexity index is 1520. The van der Waals surface area contributed by atoms with Crippen LogP contribution in [0, 0.1) is 11.3 Å². The van der Waals surface area contributed by atoms with Crippen molar-refractivity contribution in [2.75, 3.05) is 16.4 Å². The van der Waals surface area contributed by atoms with Crippen molar-refractivity contribution in [2.45, 2.75) is 17.7 Å². The van der Waals surface area contributed by atoms with Gasteiger partial charge in [-0.1, -0.05) is 11.8 Å². The maximum absolute atomic E-state index is 13.4. The van der Waals surface area contributed by atoms with Gasteiger partial charge >= 0.3 is 0 Å². The highest BCUT2D eigenvalue weighted by molar-refractivity contribution is 8.03. The predicted molar refractivity (Wildman–Crippen MR) is 140 cm³/mol. The van der Waals surface area contributed by atoms with Gasteiger partial charge in [-0.2, -0.15) is 5.26 Å². The van der Waals surface area contributed by atoms with Crippen molar-refractivity contribution in [3.8, 4) is 6.07 Å². The maximum atomic E-state index is 13.4. The van der Waals surface area contributed by atoms with Crippen molar-refractivity contribution in [3.63, 3.8) is 0 Å². The van der Waals surface area contributed by atoms with Gasteiger partial charge in [-0.05, 0) is 43.3 Å². The summed E-state index contributed by atoms with van der Waals surface area (Å²) in [6, 6.07) is 10.8. The van der Waals surface area contributed by atoms with Crippen LogP contribution in [0.2, 0.25) is 0 Å². The first-order chi connectivity index (χ1) is 17.7. The quantitative estimate of drug-likeness (QED) is 0.324. The summed E-state index contributed by atoms with van der Waals surface area (Å²) in [6.07, 6.45) is 3.02. The molecule has 3 aromatic rings. The third kappa shape index (κ3) is 6.09. The Labute approximate surface area is 220 Å². The monoisotopic (exact) mass is 556 g/mol. The number of allylic oxidation sites excluding steroid dienone is 2. The van der Waals surface area contributed by atoms with Crippen LogP contribution in [0.5, 0.6) is 0 Å². The molecular formula is C23H20N6O5S3. The van der Waals surface area contributed by atoms with E-state index >= 15 is 0 Å². The van der Waals surface area contributed by atoms with E-state index in [2.05, 4.69) is 27.0 Å². The smallest absolute Gasteiger partial charge is 0.254 e. The molecule has 14 heteroatoms. The lowest BCUT2D eigenvalue weighted by atomic mass is 9.85. The third-order valence-corrected chi connectivity index (χ3v) is 7.82. The number of thioether (sulfide) groups is 1. The number of dihydropyridines is 1. The number of thiazole rings is 1. The summed E-state index contributed by atoms with van der Waals surface area (Å²) < 4.78 is 28.6. The fraction of sp³-hybridized carbons (Fsp3) is 0.130. The van der Waals surface area contributed by atoms with Gasteiger partial charge in [-0.3, -0.25) is 9.59 Å². The number of furan rings is 1. The second kappa shape index (κ2) is 11.0. The maximum Gasteiger partial charge on any atom is 0.254 e. The fourth-order valence-corrected chi connectivity index (χ4v) is 5.52. The van der Waals surface area contributed by atoms with E-state index in [0.717, 1.165) is 11.8 Å². The van der Waals surface area contributed by atoms with Crippen LogP contribution in [0.1, 0.15) is 18.6 Å². The van der Waals surface area contributed by atoms with Crippen LogP contribution < -0.4 is 21.1 Å².